The molecule has 5 nitrogen and oxygen atoms in total. The molecule has 0 spiro atoms. The zero-order valence-corrected chi connectivity index (χ0v) is 18.9. The summed E-state index contributed by atoms with van der Waals surface area (Å²) >= 11 is 0. The van der Waals surface area contributed by atoms with Gasteiger partial charge in [0.25, 0.3) is 0 Å². The number of carbonyl (C=O) groups excluding carboxylic acids is 1. The maximum absolute atomic E-state index is 12.4. The van der Waals surface area contributed by atoms with E-state index < -0.39 is 0 Å². The molecule has 1 aromatic carbocycles. The van der Waals surface area contributed by atoms with Crippen molar-refractivity contribution in [3.8, 4) is 5.69 Å². The van der Waals surface area contributed by atoms with Crippen molar-refractivity contribution in [1.29, 1.82) is 0 Å². The standard InChI is InChI=1S/C26H32N4O/c1-18-23(14-15-24(31)27-17-16-21-10-6-4-7-11-21)19(2)28-26-25(18)20(3)29-30(26)22-12-8-5-9-13-22/h5,8-10,12-13H,4,6-7,11,14-17H2,1-3H3,(H,27,31). The van der Waals surface area contributed by atoms with E-state index in [9.17, 15) is 4.79 Å². The van der Waals surface area contributed by atoms with E-state index in [1.165, 1.54) is 36.8 Å². The quantitative estimate of drug-likeness (QED) is 0.533. The third-order valence-corrected chi connectivity index (χ3v) is 6.33. The molecule has 0 saturated heterocycles. The van der Waals surface area contributed by atoms with E-state index in [2.05, 4.69) is 18.3 Å². The lowest BCUT2D eigenvalue weighted by atomic mass is 9.97. The summed E-state index contributed by atoms with van der Waals surface area (Å²) in [6.07, 6.45) is 9.49. The minimum Gasteiger partial charge on any atom is -0.356 e. The molecule has 0 fully saturated rings. The van der Waals surface area contributed by atoms with Crippen molar-refractivity contribution < 1.29 is 4.79 Å². The zero-order chi connectivity index (χ0) is 21.8. The highest BCUT2D eigenvalue weighted by atomic mass is 16.1. The lowest BCUT2D eigenvalue weighted by molar-refractivity contribution is -0.121. The van der Waals surface area contributed by atoms with Crippen molar-refractivity contribution in [2.24, 2.45) is 0 Å². The number of aryl methyl sites for hydroxylation is 3. The number of hydrogen-bond donors (Lipinski definition) is 1. The molecule has 0 bridgehead atoms. The van der Waals surface area contributed by atoms with Crippen LogP contribution in [0.3, 0.4) is 0 Å². The predicted octanol–water partition coefficient (Wildman–Crippen LogP) is 5.29. The summed E-state index contributed by atoms with van der Waals surface area (Å²) in [5.41, 5.74) is 7.67. The van der Waals surface area contributed by atoms with Gasteiger partial charge in [-0.25, -0.2) is 9.67 Å². The first-order valence-corrected chi connectivity index (χ1v) is 11.4. The summed E-state index contributed by atoms with van der Waals surface area (Å²) in [5, 5.41) is 8.94. The number of fused-ring (bicyclic) bond motifs is 1. The number of nitrogens with zero attached hydrogens (tertiary/aromatic N) is 3. The second kappa shape index (κ2) is 9.46. The highest BCUT2D eigenvalue weighted by Crippen LogP contribution is 2.28. The summed E-state index contributed by atoms with van der Waals surface area (Å²) in [4.78, 5) is 17.3. The number of pyridine rings is 1. The Bertz CT molecular complexity index is 1110. The third-order valence-electron chi connectivity index (χ3n) is 6.33. The molecule has 0 radical (unpaired) electrons. The summed E-state index contributed by atoms with van der Waals surface area (Å²) in [6, 6.07) is 10.1. The first-order valence-electron chi connectivity index (χ1n) is 11.4. The van der Waals surface area contributed by atoms with Gasteiger partial charge in [0.1, 0.15) is 0 Å². The van der Waals surface area contributed by atoms with Gasteiger partial charge in [-0.15, -0.1) is 0 Å². The number of rotatable bonds is 7. The molecular formula is C26H32N4O. The molecule has 162 valence electrons. The molecule has 4 rings (SSSR count). The molecule has 2 heterocycles. The molecule has 1 aliphatic rings. The van der Waals surface area contributed by atoms with Gasteiger partial charge in [-0.2, -0.15) is 5.10 Å². The van der Waals surface area contributed by atoms with Gasteiger partial charge in [0.2, 0.25) is 5.91 Å². The Labute approximate surface area is 184 Å². The monoisotopic (exact) mass is 416 g/mol. The van der Waals surface area contributed by atoms with Crippen LogP contribution in [0.15, 0.2) is 42.0 Å². The number of carbonyl (C=O) groups is 1. The van der Waals surface area contributed by atoms with Gasteiger partial charge in [-0.3, -0.25) is 4.79 Å². The van der Waals surface area contributed by atoms with Crippen LogP contribution in [0.4, 0.5) is 0 Å². The summed E-state index contributed by atoms with van der Waals surface area (Å²) in [5.74, 6) is 0.118. The average Bonchev–Trinajstić information content (AvgIpc) is 3.11. The smallest absolute Gasteiger partial charge is 0.220 e. The topological polar surface area (TPSA) is 59.8 Å². The largest absolute Gasteiger partial charge is 0.356 e. The van der Waals surface area contributed by atoms with Gasteiger partial charge in [-0.1, -0.05) is 29.8 Å². The number of para-hydroxylation sites is 1. The average molecular weight is 417 g/mol. The van der Waals surface area contributed by atoms with E-state index in [-0.39, 0.29) is 5.91 Å². The minimum atomic E-state index is 0.118. The highest BCUT2D eigenvalue weighted by molar-refractivity contribution is 5.85. The Morgan fingerprint density at radius 2 is 1.87 bits per heavy atom. The molecule has 1 N–H and O–H groups in total. The number of aromatic nitrogens is 3. The second-order valence-corrected chi connectivity index (χ2v) is 8.54. The molecule has 1 aliphatic carbocycles. The first kappa shape index (κ1) is 21.3. The molecule has 1 amide bonds. The Morgan fingerprint density at radius 1 is 1.06 bits per heavy atom. The number of nitrogens with one attached hydrogen (secondary N) is 1. The summed E-state index contributed by atoms with van der Waals surface area (Å²) < 4.78 is 1.92. The fourth-order valence-corrected chi connectivity index (χ4v) is 4.64. The van der Waals surface area contributed by atoms with Crippen molar-refractivity contribution in [1.82, 2.24) is 20.1 Å². The summed E-state index contributed by atoms with van der Waals surface area (Å²) in [6.45, 7) is 6.93. The van der Waals surface area contributed by atoms with Crippen molar-refractivity contribution in [2.45, 2.75) is 65.7 Å². The molecule has 0 unspecified atom stereocenters. The van der Waals surface area contributed by atoms with E-state index in [4.69, 9.17) is 10.1 Å². The molecule has 5 heteroatoms. The van der Waals surface area contributed by atoms with E-state index >= 15 is 0 Å². The van der Waals surface area contributed by atoms with Crippen LogP contribution in [-0.2, 0) is 11.2 Å². The Hall–Kier alpha value is -2.95. The normalized spacial score (nSPS) is 14.0. The van der Waals surface area contributed by atoms with Gasteiger partial charge < -0.3 is 5.32 Å². The minimum absolute atomic E-state index is 0.118. The molecular weight excluding hydrogens is 384 g/mol. The molecule has 0 saturated carbocycles. The lowest BCUT2D eigenvalue weighted by Gasteiger charge is -2.14. The SMILES string of the molecule is Cc1nc2c(c(C)nn2-c2ccccc2)c(C)c1CCC(=O)NCCC1=CCCCC1. The van der Waals surface area contributed by atoms with E-state index in [0.717, 1.165) is 46.6 Å². The van der Waals surface area contributed by atoms with Crippen molar-refractivity contribution in [3.63, 3.8) is 0 Å². The van der Waals surface area contributed by atoms with Crippen LogP contribution in [0.2, 0.25) is 0 Å². The van der Waals surface area contributed by atoms with Crippen LogP contribution < -0.4 is 5.32 Å². The molecule has 0 aliphatic heterocycles. The fourth-order valence-electron chi connectivity index (χ4n) is 4.64. The van der Waals surface area contributed by atoms with Crippen LogP contribution in [0, 0.1) is 20.8 Å². The number of hydrogen-bond acceptors (Lipinski definition) is 3. The maximum Gasteiger partial charge on any atom is 0.220 e. The molecule has 31 heavy (non-hydrogen) atoms. The molecule has 0 atom stereocenters. The van der Waals surface area contributed by atoms with Gasteiger partial charge in [-0.05, 0) is 82.6 Å². The van der Waals surface area contributed by atoms with Crippen LogP contribution in [-0.4, -0.2) is 27.2 Å². The van der Waals surface area contributed by atoms with E-state index in [1.54, 1.807) is 0 Å². The number of allylic oxidation sites excluding steroid dienone is 1. The van der Waals surface area contributed by atoms with Gasteiger partial charge in [0.05, 0.1) is 11.4 Å². The fraction of sp³-hybridized carbons (Fsp3) is 0.423. The Kier molecular flexibility index (Phi) is 6.50. The van der Waals surface area contributed by atoms with Crippen LogP contribution in [0.5, 0.6) is 0 Å². The lowest BCUT2D eigenvalue weighted by Crippen LogP contribution is -2.25. The number of benzene rings is 1. The highest BCUT2D eigenvalue weighted by Gasteiger charge is 2.18. The van der Waals surface area contributed by atoms with Crippen LogP contribution in [0.25, 0.3) is 16.7 Å². The molecule has 3 aromatic rings. The summed E-state index contributed by atoms with van der Waals surface area (Å²) in [7, 11) is 0. The van der Waals surface area contributed by atoms with Crippen molar-refractivity contribution in [2.75, 3.05) is 6.54 Å². The van der Waals surface area contributed by atoms with Crippen molar-refractivity contribution in [3.05, 3.63) is 64.5 Å². The van der Waals surface area contributed by atoms with Crippen molar-refractivity contribution >= 4 is 16.9 Å². The Balaban J connectivity index is 1.46. The van der Waals surface area contributed by atoms with Gasteiger partial charge in [0.15, 0.2) is 5.65 Å². The predicted molar refractivity (Wildman–Crippen MR) is 126 cm³/mol. The first-order chi connectivity index (χ1) is 15.0. The third kappa shape index (κ3) is 4.71. The van der Waals surface area contributed by atoms with E-state index in [1.807, 2.05) is 48.9 Å². The van der Waals surface area contributed by atoms with Crippen LogP contribution in [0.1, 0.15) is 61.0 Å². The van der Waals surface area contributed by atoms with Gasteiger partial charge >= 0.3 is 0 Å². The van der Waals surface area contributed by atoms with Gasteiger partial charge in [0, 0.05) is 24.0 Å². The van der Waals surface area contributed by atoms with E-state index in [0.29, 0.717) is 12.8 Å². The molecule has 2 aromatic heterocycles. The van der Waals surface area contributed by atoms with Crippen LogP contribution >= 0.6 is 0 Å². The Morgan fingerprint density at radius 3 is 2.61 bits per heavy atom. The second-order valence-electron chi connectivity index (χ2n) is 8.54. The number of amides is 1. The zero-order valence-electron chi connectivity index (χ0n) is 18.9. The maximum atomic E-state index is 12.4.